The van der Waals surface area contributed by atoms with Gasteiger partial charge in [0.15, 0.2) is 11.5 Å². The van der Waals surface area contributed by atoms with E-state index in [0.29, 0.717) is 29.4 Å². The van der Waals surface area contributed by atoms with Gasteiger partial charge >= 0.3 is 0 Å². The van der Waals surface area contributed by atoms with Gasteiger partial charge in [0.25, 0.3) is 5.91 Å². The molecule has 140 valence electrons. The molecule has 2 heterocycles. The van der Waals surface area contributed by atoms with Crippen molar-refractivity contribution in [1.29, 1.82) is 0 Å². The van der Waals surface area contributed by atoms with E-state index in [9.17, 15) is 4.79 Å². The Kier molecular flexibility index (Phi) is 4.88. The fraction of sp³-hybridized carbons (Fsp3) is 0.429. The molecular formula is C21H24N4O2. The lowest BCUT2D eigenvalue weighted by molar-refractivity contribution is 0.0950. The first-order valence-corrected chi connectivity index (χ1v) is 9.58. The van der Waals surface area contributed by atoms with Crippen LogP contribution in [0, 0.1) is 13.8 Å². The summed E-state index contributed by atoms with van der Waals surface area (Å²) in [5.74, 6) is 1.66. The van der Waals surface area contributed by atoms with Gasteiger partial charge in [0.1, 0.15) is 11.3 Å². The standard InChI is InChI=1S/C21H24N4O2/c1-13-10-14(2)24-19(23-13)12-22-20(26)16-8-9-17-18(11-16)27-21(25-17)15-6-4-3-5-7-15/h8-11,15H,3-7,12H2,1-2H3,(H,22,26). The predicted octanol–water partition coefficient (Wildman–Crippen LogP) is 4.21. The first kappa shape index (κ1) is 17.6. The van der Waals surface area contributed by atoms with E-state index in [1.54, 1.807) is 12.1 Å². The van der Waals surface area contributed by atoms with Crippen molar-refractivity contribution in [2.75, 3.05) is 0 Å². The molecule has 0 aliphatic heterocycles. The van der Waals surface area contributed by atoms with Crippen molar-refractivity contribution < 1.29 is 9.21 Å². The molecule has 1 fully saturated rings. The van der Waals surface area contributed by atoms with Gasteiger partial charge in [-0.05, 0) is 51.0 Å². The van der Waals surface area contributed by atoms with Crippen LogP contribution in [0.5, 0.6) is 0 Å². The second kappa shape index (κ2) is 7.47. The highest BCUT2D eigenvalue weighted by atomic mass is 16.3. The van der Waals surface area contributed by atoms with Gasteiger partial charge < -0.3 is 9.73 Å². The van der Waals surface area contributed by atoms with E-state index in [2.05, 4.69) is 20.3 Å². The minimum absolute atomic E-state index is 0.171. The highest BCUT2D eigenvalue weighted by Crippen LogP contribution is 2.33. The van der Waals surface area contributed by atoms with E-state index in [1.807, 2.05) is 26.0 Å². The highest BCUT2D eigenvalue weighted by Gasteiger charge is 2.21. The minimum atomic E-state index is -0.171. The lowest BCUT2D eigenvalue weighted by atomic mass is 9.89. The maximum absolute atomic E-state index is 12.5. The molecule has 1 saturated carbocycles. The quantitative estimate of drug-likeness (QED) is 0.750. The fourth-order valence-corrected chi connectivity index (χ4v) is 3.75. The Balaban J connectivity index is 1.48. The first-order chi connectivity index (χ1) is 13.1. The van der Waals surface area contributed by atoms with E-state index in [1.165, 1.54) is 19.3 Å². The Labute approximate surface area is 158 Å². The van der Waals surface area contributed by atoms with E-state index in [0.717, 1.165) is 35.6 Å². The van der Waals surface area contributed by atoms with Crippen LogP contribution in [-0.2, 0) is 6.54 Å². The molecule has 1 amide bonds. The van der Waals surface area contributed by atoms with Crippen molar-refractivity contribution in [2.45, 2.75) is 58.4 Å². The molecule has 0 spiro atoms. The number of carbonyl (C=O) groups excluding carboxylic acids is 1. The molecule has 0 radical (unpaired) electrons. The summed E-state index contributed by atoms with van der Waals surface area (Å²) in [6.45, 7) is 4.13. The van der Waals surface area contributed by atoms with Crippen LogP contribution in [0.1, 0.15) is 71.5 Å². The van der Waals surface area contributed by atoms with Gasteiger partial charge in [-0.15, -0.1) is 0 Å². The fourth-order valence-electron chi connectivity index (χ4n) is 3.75. The van der Waals surface area contributed by atoms with E-state index < -0.39 is 0 Å². The van der Waals surface area contributed by atoms with Crippen molar-refractivity contribution in [2.24, 2.45) is 0 Å². The van der Waals surface area contributed by atoms with E-state index in [4.69, 9.17) is 4.42 Å². The maximum atomic E-state index is 12.5. The Bertz CT molecular complexity index is 953. The number of aryl methyl sites for hydroxylation is 2. The Morgan fingerprint density at radius 1 is 1.07 bits per heavy atom. The van der Waals surface area contributed by atoms with Crippen molar-refractivity contribution in [3.05, 3.63) is 52.9 Å². The summed E-state index contributed by atoms with van der Waals surface area (Å²) in [5.41, 5.74) is 3.82. The zero-order valence-electron chi connectivity index (χ0n) is 15.8. The summed E-state index contributed by atoms with van der Waals surface area (Å²) in [4.78, 5) is 25.8. The lowest BCUT2D eigenvalue weighted by Crippen LogP contribution is -2.24. The van der Waals surface area contributed by atoms with Crippen LogP contribution in [0.3, 0.4) is 0 Å². The summed E-state index contributed by atoms with van der Waals surface area (Å²) in [6, 6.07) is 7.32. The molecule has 1 aliphatic carbocycles. The van der Waals surface area contributed by atoms with Crippen LogP contribution in [0.4, 0.5) is 0 Å². The maximum Gasteiger partial charge on any atom is 0.251 e. The van der Waals surface area contributed by atoms with Crippen LogP contribution in [-0.4, -0.2) is 20.9 Å². The number of oxazole rings is 1. The molecule has 0 bridgehead atoms. The summed E-state index contributed by atoms with van der Waals surface area (Å²) in [7, 11) is 0. The molecule has 1 aliphatic rings. The summed E-state index contributed by atoms with van der Waals surface area (Å²) in [5, 5.41) is 2.88. The topological polar surface area (TPSA) is 80.9 Å². The predicted molar refractivity (Wildman–Crippen MR) is 103 cm³/mol. The minimum Gasteiger partial charge on any atom is -0.440 e. The molecule has 4 rings (SSSR count). The summed E-state index contributed by atoms with van der Waals surface area (Å²) < 4.78 is 5.98. The van der Waals surface area contributed by atoms with Gasteiger partial charge in [0.05, 0.1) is 6.54 Å². The van der Waals surface area contributed by atoms with Crippen molar-refractivity contribution >= 4 is 17.0 Å². The van der Waals surface area contributed by atoms with Gasteiger partial charge in [-0.2, -0.15) is 0 Å². The van der Waals surface area contributed by atoms with Crippen LogP contribution >= 0.6 is 0 Å². The average Bonchev–Trinajstić information content (AvgIpc) is 3.09. The molecule has 6 heteroatoms. The number of aromatic nitrogens is 3. The van der Waals surface area contributed by atoms with Crippen LogP contribution in [0.15, 0.2) is 28.7 Å². The highest BCUT2D eigenvalue weighted by molar-refractivity contribution is 5.96. The zero-order valence-corrected chi connectivity index (χ0v) is 15.8. The first-order valence-electron chi connectivity index (χ1n) is 9.58. The lowest BCUT2D eigenvalue weighted by Gasteiger charge is -2.17. The molecule has 1 aromatic carbocycles. The van der Waals surface area contributed by atoms with Crippen molar-refractivity contribution in [3.63, 3.8) is 0 Å². The number of fused-ring (bicyclic) bond motifs is 1. The number of hydrogen-bond acceptors (Lipinski definition) is 5. The third kappa shape index (κ3) is 3.99. The molecular weight excluding hydrogens is 340 g/mol. The third-order valence-electron chi connectivity index (χ3n) is 5.06. The molecule has 6 nitrogen and oxygen atoms in total. The van der Waals surface area contributed by atoms with Gasteiger partial charge in [-0.3, -0.25) is 4.79 Å². The largest absolute Gasteiger partial charge is 0.440 e. The molecule has 0 unspecified atom stereocenters. The normalized spacial score (nSPS) is 15.2. The third-order valence-corrected chi connectivity index (χ3v) is 5.06. The van der Waals surface area contributed by atoms with Crippen LogP contribution < -0.4 is 5.32 Å². The molecule has 0 saturated heterocycles. The second-order valence-corrected chi connectivity index (χ2v) is 7.32. The Morgan fingerprint density at radius 2 is 1.81 bits per heavy atom. The zero-order chi connectivity index (χ0) is 18.8. The molecule has 2 aromatic heterocycles. The smallest absolute Gasteiger partial charge is 0.251 e. The number of rotatable bonds is 4. The van der Waals surface area contributed by atoms with Gasteiger partial charge in [-0.1, -0.05) is 19.3 Å². The number of benzene rings is 1. The van der Waals surface area contributed by atoms with Gasteiger partial charge in [0, 0.05) is 22.9 Å². The van der Waals surface area contributed by atoms with E-state index >= 15 is 0 Å². The number of carbonyl (C=O) groups is 1. The van der Waals surface area contributed by atoms with Gasteiger partial charge in [-0.25, -0.2) is 15.0 Å². The Hall–Kier alpha value is -2.76. The monoisotopic (exact) mass is 364 g/mol. The Morgan fingerprint density at radius 3 is 2.56 bits per heavy atom. The number of nitrogens with zero attached hydrogens (tertiary/aromatic N) is 3. The molecule has 27 heavy (non-hydrogen) atoms. The average molecular weight is 364 g/mol. The van der Waals surface area contributed by atoms with Crippen LogP contribution in [0.2, 0.25) is 0 Å². The summed E-state index contributed by atoms with van der Waals surface area (Å²) in [6.07, 6.45) is 6.03. The van der Waals surface area contributed by atoms with Gasteiger partial charge in [0.2, 0.25) is 0 Å². The van der Waals surface area contributed by atoms with Crippen molar-refractivity contribution in [1.82, 2.24) is 20.3 Å². The molecule has 3 aromatic rings. The number of nitrogens with one attached hydrogen (secondary N) is 1. The van der Waals surface area contributed by atoms with E-state index in [-0.39, 0.29) is 5.91 Å². The number of hydrogen-bond donors (Lipinski definition) is 1. The second-order valence-electron chi connectivity index (χ2n) is 7.32. The molecule has 1 N–H and O–H groups in total. The van der Waals surface area contributed by atoms with Crippen LogP contribution in [0.25, 0.3) is 11.1 Å². The molecule has 0 atom stereocenters. The number of amides is 1. The SMILES string of the molecule is Cc1cc(C)nc(CNC(=O)c2ccc3nc(C4CCCCC4)oc3c2)n1. The van der Waals surface area contributed by atoms with Crippen molar-refractivity contribution in [3.8, 4) is 0 Å². The summed E-state index contributed by atoms with van der Waals surface area (Å²) >= 11 is 0.